The number of hydrogen-bond donors (Lipinski definition) is 0. The highest BCUT2D eigenvalue weighted by atomic mass is 19.3. The van der Waals surface area contributed by atoms with E-state index in [-0.39, 0.29) is 11.7 Å². The van der Waals surface area contributed by atoms with Crippen molar-refractivity contribution in [3.8, 4) is 23.0 Å². The number of pyridine rings is 1. The number of ether oxygens (including phenoxy) is 1. The van der Waals surface area contributed by atoms with Gasteiger partial charge in [0, 0.05) is 6.20 Å². The van der Waals surface area contributed by atoms with Crippen molar-refractivity contribution in [2.45, 2.75) is 6.43 Å². The number of rotatable bonds is 4. The van der Waals surface area contributed by atoms with Gasteiger partial charge in [0.15, 0.2) is 0 Å². The number of benzene rings is 1. The summed E-state index contributed by atoms with van der Waals surface area (Å²) in [5.74, 6) is 0.0455. The minimum atomic E-state index is -2.82. The Bertz CT molecular complexity index is 732. The van der Waals surface area contributed by atoms with Crippen molar-refractivity contribution in [1.82, 2.24) is 15.1 Å². The van der Waals surface area contributed by atoms with Crippen LogP contribution in [0.5, 0.6) is 11.6 Å². The van der Waals surface area contributed by atoms with Crippen LogP contribution in [-0.2, 0) is 0 Å². The van der Waals surface area contributed by atoms with E-state index in [9.17, 15) is 8.78 Å². The van der Waals surface area contributed by atoms with E-state index >= 15 is 0 Å². The summed E-state index contributed by atoms with van der Waals surface area (Å²) in [6, 6.07) is 12.2. The van der Waals surface area contributed by atoms with Crippen molar-refractivity contribution in [3.05, 3.63) is 54.6 Å². The van der Waals surface area contributed by atoms with Gasteiger partial charge in [0.2, 0.25) is 11.7 Å². The summed E-state index contributed by atoms with van der Waals surface area (Å²) in [6.45, 7) is 0. The van der Waals surface area contributed by atoms with E-state index in [4.69, 9.17) is 4.74 Å². The third-order valence-corrected chi connectivity index (χ3v) is 2.60. The number of hydrogen-bond acceptors (Lipinski definition) is 5. The molecule has 0 amide bonds. The maximum Gasteiger partial charge on any atom is 0.315 e. The molecule has 7 heteroatoms. The van der Waals surface area contributed by atoms with Gasteiger partial charge < -0.3 is 9.26 Å². The maximum absolute atomic E-state index is 12.5. The molecule has 0 saturated carbocycles. The van der Waals surface area contributed by atoms with Gasteiger partial charge in [-0.2, -0.15) is 13.8 Å². The van der Waals surface area contributed by atoms with Crippen molar-refractivity contribution in [2.24, 2.45) is 0 Å². The highest BCUT2D eigenvalue weighted by Crippen LogP contribution is 2.30. The largest absolute Gasteiger partial charge is 0.438 e. The number of halogens is 2. The third kappa shape index (κ3) is 2.86. The number of aromatic nitrogens is 3. The Balaban J connectivity index is 1.95. The predicted octanol–water partition coefficient (Wildman–Crippen LogP) is 3.86. The van der Waals surface area contributed by atoms with E-state index in [2.05, 4.69) is 19.6 Å². The second-order valence-electron chi connectivity index (χ2n) is 4.03. The summed E-state index contributed by atoms with van der Waals surface area (Å²) in [5, 5.41) is 3.52. The lowest BCUT2D eigenvalue weighted by Crippen LogP contribution is -1.92. The van der Waals surface area contributed by atoms with Gasteiger partial charge in [0.25, 0.3) is 5.89 Å². The Morgan fingerprint density at radius 3 is 2.57 bits per heavy atom. The quantitative estimate of drug-likeness (QED) is 0.729. The molecular weight excluding hydrogens is 280 g/mol. The zero-order valence-electron chi connectivity index (χ0n) is 10.6. The molecule has 3 aromatic rings. The Morgan fingerprint density at radius 1 is 1.05 bits per heavy atom. The van der Waals surface area contributed by atoms with E-state index in [1.807, 2.05) is 6.07 Å². The smallest absolute Gasteiger partial charge is 0.315 e. The average molecular weight is 289 g/mol. The molecule has 2 aromatic heterocycles. The molecule has 21 heavy (non-hydrogen) atoms. The van der Waals surface area contributed by atoms with Crippen molar-refractivity contribution >= 4 is 0 Å². The van der Waals surface area contributed by atoms with Gasteiger partial charge in [-0.3, -0.25) is 0 Å². The Kier molecular flexibility index (Phi) is 3.55. The monoisotopic (exact) mass is 289 g/mol. The van der Waals surface area contributed by atoms with E-state index in [0.717, 1.165) is 0 Å². The summed E-state index contributed by atoms with van der Waals surface area (Å²) < 4.78 is 35.1. The molecule has 0 radical (unpaired) electrons. The minimum Gasteiger partial charge on any atom is -0.438 e. The zero-order valence-corrected chi connectivity index (χ0v) is 10.6. The maximum atomic E-state index is 12.5. The Hall–Kier alpha value is -2.83. The van der Waals surface area contributed by atoms with Crippen LogP contribution in [0.15, 0.2) is 53.2 Å². The molecule has 0 bridgehead atoms. The second-order valence-corrected chi connectivity index (χ2v) is 4.03. The van der Waals surface area contributed by atoms with Gasteiger partial charge in [0.05, 0.1) is 5.56 Å². The molecule has 106 valence electrons. The van der Waals surface area contributed by atoms with Gasteiger partial charge in [-0.15, -0.1) is 0 Å². The normalized spacial score (nSPS) is 10.8. The minimum absolute atomic E-state index is 0.00401. The van der Waals surface area contributed by atoms with Crippen molar-refractivity contribution in [1.29, 1.82) is 0 Å². The zero-order chi connectivity index (χ0) is 14.7. The molecule has 1 aromatic carbocycles. The van der Waals surface area contributed by atoms with E-state index in [0.29, 0.717) is 11.3 Å². The molecule has 0 aliphatic carbocycles. The van der Waals surface area contributed by atoms with Crippen molar-refractivity contribution in [3.63, 3.8) is 0 Å². The SMILES string of the molecule is FC(F)c1nc(-c2cccnc2Oc2ccccc2)no1. The van der Waals surface area contributed by atoms with Gasteiger partial charge in [-0.05, 0) is 24.3 Å². The van der Waals surface area contributed by atoms with Crippen LogP contribution in [0, 0.1) is 0 Å². The van der Waals surface area contributed by atoms with Crippen LogP contribution in [0.4, 0.5) is 8.78 Å². The molecule has 0 fully saturated rings. The van der Waals surface area contributed by atoms with E-state index in [1.54, 1.807) is 36.4 Å². The molecule has 0 aliphatic rings. The first-order valence-electron chi connectivity index (χ1n) is 6.04. The first-order chi connectivity index (χ1) is 10.2. The van der Waals surface area contributed by atoms with Crippen LogP contribution >= 0.6 is 0 Å². The number of alkyl halides is 2. The van der Waals surface area contributed by atoms with Gasteiger partial charge in [-0.25, -0.2) is 4.98 Å². The number of nitrogens with zero attached hydrogens (tertiary/aromatic N) is 3. The molecule has 0 saturated heterocycles. The fraction of sp³-hybridized carbons (Fsp3) is 0.0714. The second kappa shape index (κ2) is 5.66. The van der Waals surface area contributed by atoms with Gasteiger partial charge >= 0.3 is 6.43 Å². The van der Waals surface area contributed by atoms with E-state index < -0.39 is 12.3 Å². The van der Waals surface area contributed by atoms with Crippen molar-refractivity contribution in [2.75, 3.05) is 0 Å². The molecule has 0 aliphatic heterocycles. The molecule has 5 nitrogen and oxygen atoms in total. The van der Waals surface area contributed by atoms with Crippen LogP contribution in [0.1, 0.15) is 12.3 Å². The van der Waals surface area contributed by atoms with Crippen LogP contribution < -0.4 is 4.74 Å². The molecule has 3 rings (SSSR count). The van der Waals surface area contributed by atoms with E-state index in [1.165, 1.54) is 6.20 Å². The fourth-order valence-electron chi connectivity index (χ4n) is 1.68. The average Bonchev–Trinajstić information content (AvgIpc) is 2.99. The standard InChI is InChI=1S/C14H9F2N3O2/c15-11(16)14-18-12(19-21-14)10-7-4-8-17-13(10)20-9-5-2-1-3-6-9/h1-8,11H. The van der Waals surface area contributed by atoms with Gasteiger partial charge in [0.1, 0.15) is 5.75 Å². The molecule has 0 N–H and O–H groups in total. The predicted molar refractivity (Wildman–Crippen MR) is 69.0 cm³/mol. The lowest BCUT2D eigenvalue weighted by Gasteiger charge is -2.06. The van der Waals surface area contributed by atoms with Crippen molar-refractivity contribution < 1.29 is 18.0 Å². The summed E-state index contributed by atoms with van der Waals surface area (Å²) in [7, 11) is 0. The molecule has 2 heterocycles. The Labute approximate surface area is 118 Å². The summed E-state index contributed by atoms with van der Waals surface area (Å²) >= 11 is 0. The lowest BCUT2D eigenvalue weighted by atomic mass is 10.2. The molecule has 0 unspecified atom stereocenters. The lowest BCUT2D eigenvalue weighted by molar-refractivity contribution is 0.106. The number of para-hydroxylation sites is 1. The topological polar surface area (TPSA) is 61.0 Å². The van der Waals surface area contributed by atoms with Gasteiger partial charge in [-0.1, -0.05) is 23.4 Å². The first-order valence-corrected chi connectivity index (χ1v) is 6.04. The molecule has 0 atom stereocenters. The van der Waals surface area contributed by atoms with Crippen LogP contribution in [0.3, 0.4) is 0 Å². The molecule has 0 spiro atoms. The fourth-order valence-corrected chi connectivity index (χ4v) is 1.68. The van der Waals surface area contributed by atoms with Crippen LogP contribution in [-0.4, -0.2) is 15.1 Å². The summed E-state index contributed by atoms with van der Waals surface area (Å²) in [4.78, 5) is 7.71. The summed E-state index contributed by atoms with van der Waals surface area (Å²) in [6.07, 6.45) is -1.29. The summed E-state index contributed by atoms with van der Waals surface area (Å²) in [5.41, 5.74) is 0.372. The van der Waals surface area contributed by atoms with Crippen LogP contribution in [0.25, 0.3) is 11.4 Å². The molecular formula is C14H9F2N3O2. The third-order valence-electron chi connectivity index (χ3n) is 2.60. The highest BCUT2D eigenvalue weighted by molar-refractivity contribution is 5.61. The van der Waals surface area contributed by atoms with Crippen LogP contribution in [0.2, 0.25) is 0 Å². The highest BCUT2D eigenvalue weighted by Gasteiger charge is 2.20. The first kappa shape index (κ1) is 13.2. The Morgan fingerprint density at radius 2 is 1.86 bits per heavy atom.